The van der Waals surface area contributed by atoms with Crippen LogP contribution in [0.5, 0.6) is 0 Å². The maximum atomic E-state index is 11.1. The fraction of sp³-hybridized carbons (Fsp3) is 0.556. The summed E-state index contributed by atoms with van der Waals surface area (Å²) in [6.45, 7) is 5.23. The van der Waals surface area contributed by atoms with E-state index in [0.29, 0.717) is 12.0 Å². The Morgan fingerprint density at radius 1 is 1.31 bits per heavy atom. The number of carbonyl (C=O) groups is 2. The standard InChI is InChI=1S/C9H14O4/c1-4-6(3)7(8(10)11)9(12)13-5-2/h4-5H2,1-3H3,(H,10,11)/b7-6+. The number of hydrogen-bond acceptors (Lipinski definition) is 3. The zero-order chi connectivity index (χ0) is 10.4. The van der Waals surface area contributed by atoms with E-state index < -0.39 is 11.9 Å². The van der Waals surface area contributed by atoms with Gasteiger partial charge in [-0.1, -0.05) is 12.5 Å². The van der Waals surface area contributed by atoms with Crippen molar-refractivity contribution in [2.45, 2.75) is 27.2 Å². The summed E-state index contributed by atoms with van der Waals surface area (Å²) in [6.07, 6.45) is 0.528. The summed E-state index contributed by atoms with van der Waals surface area (Å²) in [6, 6.07) is 0. The Bertz CT molecular complexity index is 240. The lowest BCUT2D eigenvalue weighted by atomic mass is 10.1. The van der Waals surface area contributed by atoms with E-state index in [-0.39, 0.29) is 12.2 Å². The maximum Gasteiger partial charge on any atom is 0.345 e. The number of allylic oxidation sites excluding steroid dienone is 1. The third kappa shape index (κ3) is 3.27. The Balaban J connectivity index is 4.82. The molecular weight excluding hydrogens is 172 g/mol. The van der Waals surface area contributed by atoms with E-state index in [1.807, 2.05) is 0 Å². The SMILES string of the molecule is CCOC(=O)/C(C(=O)O)=C(\C)CC. The summed E-state index contributed by atoms with van der Waals surface area (Å²) < 4.78 is 4.61. The van der Waals surface area contributed by atoms with Gasteiger partial charge in [-0.2, -0.15) is 0 Å². The summed E-state index contributed by atoms with van der Waals surface area (Å²) in [4.78, 5) is 21.8. The van der Waals surface area contributed by atoms with Crippen LogP contribution in [-0.2, 0) is 14.3 Å². The fourth-order valence-corrected chi connectivity index (χ4v) is 0.824. The van der Waals surface area contributed by atoms with Crippen molar-refractivity contribution < 1.29 is 19.4 Å². The van der Waals surface area contributed by atoms with Gasteiger partial charge in [-0.3, -0.25) is 0 Å². The highest BCUT2D eigenvalue weighted by Crippen LogP contribution is 2.10. The zero-order valence-corrected chi connectivity index (χ0v) is 8.09. The van der Waals surface area contributed by atoms with Crippen LogP contribution in [0.15, 0.2) is 11.1 Å². The van der Waals surface area contributed by atoms with Gasteiger partial charge in [-0.15, -0.1) is 0 Å². The molecule has 74 valence electrons. The van der Waals surface area contributed by atoms with Crippen LogP contribution in [0.2, 0.25) is 0 Å². The van der Waals surface area contributed by atoms with Crippen molar-refractivity contribution in [3.05, 3.63) is 11.1 Å². The second-order valence-corrected chi connectivity index (χ2v) is 2.53. The molecule has 0 atom stereocenters. The van der Waals surface area contributed by atoms with E-state index in [4.69, 9.17) is 5.11 Å². The first-order valence-electron chi connectivity index (χ1n) is 4.14. The molecule has 4 heteroatoms. The monoisotopic (exact) mass is 186 g/mol. The molecule has 0 unspecified atom stereocenters. The molecule has 0 saturated carbocycles. The van der Waals surface area contributed by atoms with Crippen molar-refractivity contribution in [2.24, 2.45) is 0 Å². The van der Waals surface area contributed by atoms with Gasteiger partial charge in [0.25, 0.3) is 0 Å². The molecule has 0 spiro atoms. The number of esters is 1. The van der Waals surface area contributed by atoms with E-state index in [0.717, 1.165) is 0 Å². The molecule has 0 aromatic carbocycles. The minimum atomic E-state index is -1.22. The number of rotatable bonds is 4. The van der Waals surface area contributed by atoms with Crippen molar-refractivity contribution in [3.8, 4) is 0 Å². The first-order valence-corrected chi connectivity index (χ1v) is 4.14. The van der Waals surface area contributed by atoms with Crippen LogP contribution in [0.3, 0.4) is 0 Å². The molecule has 0 aliphatic carbocycles. The Morgan fingerprint density at radius 2 is 1.85 bits per heavy atom. The van der Waals surface area contributed by atoms with Gasteiger partial charge >= 0.3 is 11.9 Å². The number of carboxylic acid groups (broad SMARTS) is 1. The van der Waals surface area contributed by atoms with E-state index in [2.05, 4.69) is 4.74 Å². The molecule has 0 saturated heterocycles. The van der Waals surface area contributed by atoms with Crippen LogP contribution < -0.4 is 0 Å². The molecule has 0 aliphatic rings. The molecular formula is C9H14O4. The molecule has 0 fully saturated rings. The minimum Gasteiger partial charge on any atom is -0.477 e. The summed E-state index contributed by atoms with van der Waals surface area (Å²) >= 11 is 0. The van der Waals surface area contributed by atoms with Crippen LogP contribution in [0.4, 0.5) is 0 Å². The van der Waals surface area contributed by atoms with E-state index >= 15 is 0 Å². The predicted octanol–water partition coefficient (Wildman–Crippen LogP) is 1.36. The minimum absolute atomic E-state index is 0.187. The van der Waals surface area contributed by atoms with E-state index in [9.17, 15) is 9.59 Å². The van der Waals surface area contributed by atoms with Gasteiger partial charge in [0.15, 0.2) is 0 Å². The molecule has 0 rings (SSSR count). The third-order valence-corrected chi connectivity index (χ3v) is 1.65. The highest BCUT2D eigenvalue weighted by Gasteiger charge is 2.20. The van der Waals surface area contributed by atoms with Crippen LogP contribution in [0.1, 0.15) is 27.2 Å². The maximum absolute atomic E-state index is 11.1. The normalized spacial score (nSPS) is 11.9. The van der Waals surface area contributed by atoms with Gasteiger partial charge in [-0.25, -0.2) is 9.59 Å². The Hall–Kier alpha value is -1.32. The topological polar surface area (TPSA) is 63.6 Å². The Labute approximate surface area is 77.2 Å². The molecule has 0 radical (unpaired) electrons. The first kappa shape index (κ1) is 11.7. The van der Waals surface area contributed by atoms with Crippen LogP contribution >= 0.6 is 0 Å². The van der Waals surface area contributed by atoms with Gasteiger partial charge in [0.05, 0.1) is 6.61 Å². The Morgan fingerprint density at radius 3 is 2.15 bits per heavy atom. The van der Waals surface area contributed by atoms with E-state index in [1.165, 1.54) is 0 Å². The van der Waals surface area contributed by atoms with Crippen molar-refractivity contribution in [1.82, 2.24) is 0 Å². The van der Waals surface area contributed by atoms with Gasteiger partial charge in [-0.05, 0) is 20.3 Å². The predicted molar refractivity (Wildman–Crippen MR) is 47.3 cm³/mol. The molecule has 0 amide bonds. The lowest BCUT2D eigenvalue weighted by Crippen LogP contribution is -2.17. The van der Waals surface area contributed by atoms with Crippen molar-refractivity contribution in [3.63, 3.8) is 0 Å². The average molecular weight is 186 g/mol. The number of carboxylic acids is 1. The lowest BCUT2D eigenvalue weighted by Gasteiger charge is -2.05. The van der Waals surface area contributed by atoms with Crippen LogP contribution in [0.25, 0.3) is 0 Å². The second-order valence-electron chi connectivity index (χ2n) is 2.53. The van der Waals surface area contributed by atoms with Gasteiger partial charge in [0.1, 0.15) is 5.57 Å². The average Bonchev–Trinajstić information content (AvgIpc) is 2.04. The summed E-state index contributed by atoms with van der Waals surface area (Å²) in [5.41, 5.74) is 0.287. The van der Waals surface area contributed by atoms with Gasteiger partial charge in [0, 0.05) is 0 Å². The molecule has 0 aromatic rings. The molecule has 0 aliphatic heterocycles. The third-order valence-electron chi connectivity index (χ3n) is 1.65. The summed E-state index contributed by atoms with van der Waals surface area (Å²) in [7, 11) is 0. The highest BCUT2D eigenvalue weighted by molar-refractivity contribution is 6.13. The second kappa shape index (κ2) is 5.35. The molecule has 4 nitrogen and oxygen atoms in total. The van der Waals surface area contributed by atoms with Crippen LogP contribution in [-0.4, -0.2) is 23.7 Å². The van der Waals surface area contributed by atoms with Gasteiger partial charge < -0.3 is 9.84 Å². The van der Waals surface area contributed by atoms with E-state index in [1.54, 1.807) is 20.8 Å². The van der Waals surface area contributed by atoms with Gasteiger partial charge in [0.2, 0.25) is 0 Å². The number of ether oxygens (including phenoxy) is 1. The smallest absolute Gasteiger partial charge is 0.345 e. The van der Waals surface area contributed by atoms with Crippen molar-refractivity contribution >= 4 is 11.9 Å². The summed E-state index contributed by atoms with van der Waals surface area (Å²) in [5, 5.41) is 8.71. The van der Waals surface area contributed by atoms with Crippen LogP contribution in [0, 0.1) is 0 Å². The number of hydrogen-bond donors (Lipinski definition) is 1. The molecule has 0 heterocycles. The summed E-state index contributed by atoms with van der Waals surface area (Å²) in [5.74, 6) is -1.98. The lowest BCUT2D eigenvalue weighted by molar-refractivity contribution is -0.144. The molecule has 1 N–H and O–H groups in total. The largest absolute Gasteiger partial charge is 0.477 e. The van der Waals surface area contributed by atoms with Crippen molar-refractivity contribution in [2.75, 3.05) is 6.61 Å². The quantitative estimate of drug-likeness (QED) is 0.311. The molecule has 13 heavy (non-hydrogen) atoms. The molecule has 0 aromatic heterocycles. The zero-order valence-electron chi connectivity index (χ0n) is 8.09. The first-order chi connectivity index (χ1) is 6.04. The number of aliphatic carboxylic acids is 1. The highest BCUT2D eigenvalue weighted by atomic mass is 16.5. The Kier molecular flexibility index (Phi) is 4.80. The molecule has 0 bridgehead atoms. The fourth-order valence-electron chi connectivity index (χ4n) is 0.824. The number of carbonyl (C=O) groups excluding carboxylic acids is 1. The van der Waals surface area contributed by atoms with Crippen molar-refractivity contribution in [1.29, 1.82) is 0 Å².